The second-order valence-corrected chi connectivity index (χ2v) is 8.70. The van der Waals surface area contributed by atoms with Crippen molar-refractivity contribution >= 4 is 34.2 Å². The average Bonchev–Trinajstić information content (AvgIpc) is 3.42. The van der Waals surface area contributed by atoms with Crippen molar-refractivity contribution in [2.75, 3.05) is 5.32 Å². The molecule has 1 aliphatic rings. The third-order valence-electron chi connectivity index (χ3n) is 5.52. The number of anilines is 1. The molecule has 0 aromatic heterocycles. The quantitative estimate of drug-likeness (QED) is 0.479. The molecule has 0 spiro atoms. The van der Waals surface area contributed by atoms with E-state index in [0.29, 0.717) is 0 Å². The Hall–Kier alpha value is -2.14. The van der Waals surface area contributed by atoms with Crippen LogP contribution in [-0.2, 0) is 10.2 Å². The number of carbonyl (C=O) groups is 1. The minimum absolute atomic E-state index is 0.0535. The smallest absolute Gasteiger partial charge is 0.228 e. The van der Waals surface area contributed by atoms with Crippen molar-refractivity contribution in [3.05, 3.63) is 98.6 Å². The molecule has 4 rings (SSSR count). The molecule has 27 heavy (non-hydrogen) atoms. The third kappa shape index (κ3) is 3.53. The van der Waals surface area contributed by atoms with Crippen LogP contribution in [-0.4, -0.2) is 5.91 Å². The van der Waals surface area contributed by atoms with E-state index in [1.54, 1.807) is 0 Å². The summed E-state index contributed by atoms with van der Waals surface area (Å²) in [7, 11) is 0. The van der Waals surface area contributed by atoms with Crippen LogP contribution in [0.3, 0.4) is 0 Å². The Labute approximate surface area is 174 Å². The summed E-state index contributed by atoms with van der Waals surface area (Å²) < 4.78 is 1.16. The summed E-state index contributed by atoms with van der Waals surface area (Å²) in [6.45, 7) is 4.19. The van der Waals surface area contributed by atoms with Crippen molar-refractivity contribution in [3.8, 4) is 0 Å². The second-order valence-electron chi connectivity index (χ2n) is 7.46. The van der Waals surface area contributed by atoms with Crippen LogP contribution < -0.4 is 5.32 Å². The highest BCUT2D eigenvalue weighted by molar-refractivity contribution is 14.1. The van der Waals surface area contributed by atoms with E-state index < -0.39 is 0 Å². The predicted octanol–water partition coefficient (Wildman–Crippen LogP) is 5.85. The van der Waals surface area contributed by atoms with E-state index in [9.17, 15) is 4.79 Å². The fourth-order valence-electron chi connectivity index (χ4n) is 3.85. The largest absolute Gasteiger partial charge is 0.326 e. The SMILES string of the molecule is Cc1ccc(C2(c3ccc(C)cc3)CC2C(=O)Nc2ccc(I)cc2)cc1. The van der Waals surface area contributed by atoms with Crippen LogP contribution >= 0.6 is 22.6 Å². The highest BCUT2D eigenvalue weighted by Crippen LogP contribution is 2.59. The van der Waals surface area contributed by atoms with Crippen LogP contribution in [0, 0.1) is 23.3 Å². The number of aryl methyl sites for hydroxylation is 2. The fraction of sp³-hybridized carbons (Fsp3) is 0.208. The lowest BCUT2D eigenvalue weighted by Crippen LogP contribution is -2.22. The minimum Gasteiger partial charge on any atom is -0.326 e. The molecule has 3 heteroatoms. The molecule has 1 unspecified atom stereocenters. The van der Waals surface area contributed by atoms with Gasteiger partial charge in [0.05, 0.1) is 5.92 Å². The highest BCUT2D eigenvalue weighted by Gasteiger charge is 2.60. The van der Waals surface area contributed by atoms with E-state index >= 15 is 0 Å². The maximum atomic E-state index is 13.0. The Morgan fingerprint density at radius 3 is 1.81 bits per heavy atom. The minimum atomic E-state index is -0.227. The van der Waals surface area contributed by atoms with Crippen molar-refractivity contribution in [2.45, 2.75) is 25.7 Å². The van der Waals surface area contributed by atoms with Crippen molar-refractivity contribution < 1.29 is 4.79 Å². The fourth-order valence-corrected chi connectivity index (χ4v) is 4.21. The summed E-state index contributed by atoms with van der Waals surface area (Å²) in [6, 6.07) is 25.2. The molecule has 3 aromatic carbocycles. The number of rotatable bonds is 4. The molecule has 1 amide bonds. The topological polar surface area (TPSA) is 29.1 Å². The maximum absolute atomic E-state index is 13.0. The summed E-state index contributed by atoms with van der Waals surface area (Å²) >= 11 is 2.27. The van der Waals surface area contributed by atoms with Gasteiger partial charge in [-0.05, 0) is 78.3 Å². The Bertz CT molecular complexity index is 913. The molecule has 0 aliphatic heterocycles. The van der Waals surface area contributed by atoms with E-state index in [-0.39, 0.29) is 17.2 Å². The van der Waals surface area contributed by atoms with Crippen LogP contribution in [0.2, 0.25) is 0 Å². The van der Waals surface area contributed by atoms with Crippen LogP contribution in [0.4, 0.5) is 5.69 Å². The molecule has 1 N–H and O–H groups in total. The Morgan fingerprint density at radius 1 is 0.852 bits per heavy atom. The lowest BCUT2D eigenvalue weighted by molar-refractivity contribution is -0.117. The molecular weight excluding hydrogens is 445 g/mol. The Morgan fingerprint density at radius 2 is 1.33 bits per heavy atom. The second kappa shape index (κ2) is 7.12. The van der Waals surface area contributed by atoms with E-state index in [2.05, 4.69) is 90.3 Å². The maximum Gasteiger partial charge on any atom is 0.228 e. The summed E-state index contributed by atoms with van der Waals surface area (Å²) in [5, 5.41) is 3.11. The van der Waals surface area contributed by atoms with Crippen molar-refractivity contribution in [2.24, 2.45) is 5.92 Å². The van der Waals surface area contributed by atoms with Gasteiger partial charge in [0.15, 0.2) is 0 Å². The normalized spacial score (nSPS) is 17.4. The Kier molecular flexibility index (Phi) is 4.81. The molecule has 0 radical (unpaired) electrons. The van der Waals surface area contributed by atoms with Gasteiger partial charge >= 0.3 is 0 Å². The molecule has 136 valence electrons. The van der Waals surface area contributed by atoms with E-state index in [0.717, 1.165) is 15.7 Å². The van der Waals surface area contributed by atoms with Gasteiger partial charge in [-0.25, -0.2) is 0 Å². The van der Waals surface area contributed by atoms with Crippen LogP contribution in [0.15, 0.2) is 72.8 Å². The van der Waals surface area contributed by atoms with Gasteiger partial charge in [0.1, 0.15) is 0 Å². The highest BCUT2D eigenvalue weighted by atomic mass is 127. The molecule has 2 nitrogen and oxygen atoms in total. The number of amides is 1. The number of nitrogens with one attached hydrogen (secondary N) is 1. The first-order valence-corrected chi connectivity index (χ1v) is 10.3. The number of benzene rings is 3. The van der Waals surface area contributed by atoms with E-state index in [1.807, 2.05) is 24.3 Å². The molecule has 0 saturated heterocycles. The van der Waals surface area contributed by atoms with Gasteiger partial charge in [0.25, 0.3) is 0 Å². The van der Waals surface area contributed by atoms with Gasteiger partial charge in [0, 0.05) is 14.7 Å². The van der Waals surface area contributed by atoms with Crippen molar-refractivity contribution in [1.82, 2.24) is 0 Å². The molecule has 3 aromatic rings. The first-order valence-electron chi connectivity index (χ1n) is 9.20. The van der Waals surface area contributed by atoms with Gasteiger partial charge in [-0.1, -0.05) is 59.7 Å². The molecule has 1 atom stereocenters. The van der Waals surface area contributed by atoms with Gasteiger partial charge in [-0.3, -0.25) is 4.79 Å². The molecule has 0 bridgehead atoms. The summed E-state index contributed by atoms with van der Waals surface area (Å²) in [4.78, 5) is 13.0. The van der Waals surface area contributed by atoms with Crippen LogP contribution in [0.5, 0.6) is 0 Å². The van der Waals surface area contributed by atoms with Crippen LogP contribution in [0.1, 0.15) is 28.7 Å². The first-order chi connectivity index (χ1) is 13.0. The predicted molar refractivity (Wildman–Crippen MR) is 119 cm³/mol. The monoisotopic (exact) mass is 467 g/mol. The van der Waals surface area contributed by atoms with Gasteiger partial charge in [-0.2, -0.15) is 0 Å². The number of carbonyl (C=O) groups excluding carboxylic acids is 1. The zero-order valence-corrected chi connectivity index (χ0v) is 17.7. The van der Waals surface area contributed by atoms with E-state index in [4.69, 9.17) is 0 Å². The van der Waals surface area contributed by atoms with Crippen molar-refractivity contribution in [1.29, 1.82) is 0 Å². The van der Waals surface area contributed by atoms with Gasteiger partial charge in [0.2, 0.25) is 5.91 Å². The summed E-state index contributed by atoms with van der Waals surface area (Å²) in [5.74, 6) is 0.0412. The Balaban J connectivity index is 1.66. The number of hydrogen-bond donors (Lipinski definition) is 1. The zero-order valence-electron chi connectivity index (χ0n) is 15.5. The standard InChI is InChI=1S/C24H22INO/c1-16-3-7-18(8-4-16)24(19-9-5-17(2)6-10-19)15-22(24)23(27)26-21-13-11-20(25)12-14-21/h3-14,22H,15H2,1-2H3,(H,26,27). The molecule has 1 saturated carbocycles. The molecule has 0 heterocycles. The summed E-state index contributed by atoms with van der Waals surface area (Å²) in [6.07, 6.45) is 0.843. The number of halogens is 1. The third-order valence-corrected chi connectivity index (χ3v) is 6.24. The van der Waals surface area contributed by atoms with Gasteiger partial charge < -0.3 is 5.32 Å². The molecular formula is C24H22INO. The van der Waals surface area contributed by atoms with Crippen molar-refractivity contribution in [3.63, 3.8) is 0 Å². The van der Waals surface area contributed by atoms with Crippen LogP contribution in [0.25, 0.3) is 0 Å². The van der Waals surface area contributed by atoms with E-state index in [1.165, 1.54) is 22.3 Å². The zero-order chi connectivity index (χ0) is 19.0. The average molecular weight is 467 g/mol. The lowest BCUT2D eigenvalue weighted by Gasteiger charge is -2.19. The van der Waals surface area contributed by atoms with Gasteiger partial charge in [-0.15, -0.1) is 0 Å². The molecule has 1 fully saturated rings. The number of hydrogen-bond acceptors (Lipinski definition) is 1. The summed E-state index contributed by atoms with van der Waals surface area (Å²) in [5.41, 5.74) is 5.54. The lowest BCUT2D eigenvalue weighted by atomic mass is 9.85. The first kappa shape index (κ1) is 18.2. The molecule has 1 aliphatic carbocycles.